The van der Waals surface area contributed by atoms with Gasteiger partial charge in [-0.15, -0.1) is 0 Å². The molecule has 2 aromatic rings. The zero-order valence-electron chi connectivity index (χ0n) is 9.13. The first-order chi connectivity index (χ1) is 8.16. The zero-order chi connectivity index (χ0) is 12.3. The summed E-state index contributed by atoms with van der Waals surface area (Å²) in [5.74, 6) is -1.10. The Balaban J connectivity index is 2.24. The SMILES string of the molecule is Nc1cc(Cc2ccccc2)cnc1C(=O)O. The molecule has 0 aliphatic rings. The van der Waals surface area contributed by atoms with Gasteiger partial charge in [0.2, 0.25) is 0 Å². The van der Waals surface area contributed by atoms with Gasteiger partial charge in [-0.05, 0) is 23.6 Å². The van der Waals surface area contributed by atoms with Crippen molar-refractivity contribution in [2.45, 2.75) is 6.42 Å². The maximum atomic E-state index is 10.7. The van der Waals surface area contributed by atoms with Crippen molar-refractivity contribution in [3.8, 4) is 0 Å². The molecule has 0 fully saturated rings. The van der Waals surface area contributed by atoms with E-state index < -0.39 is 5.97 Å². The molecule has 17 heavy (non-hydrogen) atoms. The van der Waals surface area contributed by atoms with E-state index in [0.29, 0.717) is 6.42 Å². The van der Waals surface area contributed by atoms with Gasteiger partial charge in [0.05, 0.1) is 5.69 Å². The highest BCUT2D eigenvalue weighted by Gasteiger charge is 2.09. The fourth-order valence-corrected chi connectivity index (χ4v) is 1.63. The minimum absolute atomic E-state index is 0.0955. The summed E-state index contributed by atoms with van der Waals surface area (Å²) in [7, 11) is 0. The number of nitrogens with zero attached hydrogens (tertiary/aromatic N) is 1. The Morgan fingerprint density at radius 2 is 1.94 bits per heavy atom. The quantitative estimate of drug-likeness (QED) is 0.841. The largest absolute Gasteiger partial charge is 0.476 e. The van der Waals surface area contributed by atoms with Crippen molar-refractivity contribution in [3.63, 3.8) is 0 Å². The zero-order valence-corrected chi connectivity index (χ0v) is 9.13. The second-order valence-electron chi connectivity index (χ2n) is 3.75. The van der Waals surface area contributed by atoms with Crippen molar-refractivity contribution < 1.29 is 9.90 Å². The number of hydrogen-bond donors (Lipinski definition) is 2. The number of carboxylic acids is 1. The number of pyridine rings is 1. The first-order valence-corrected chi connectivity index (χ1v) is 5.18. The maximum absolute atomic E-state index is 10.7. The van der Waals surface area contributed by atoms with Crippen LogP contribution in [0.3, 0.4) is 0 Å². The van der Waals surface area contributed by atoms with Crippen LogP contribution in [0.1, 0.15) is 21.6 Å². The number of nitrogen functional groups attached to an aromatic ring is 1. The van der Waals surface area contributed by atoms with Gasteiger partial charge in [0.25, 0.3) is 0 Å². The molecule has 0 amide bonds. The number of aromatic nitrogens is 1. The van der Waals surface area contributed by atoms with Crippen LogP contribution in [0.2, 0.25) is 0 Å². The summed E-state index contributed by atoms with van der Waals surface area (Å²) in [5.41, 5.74) is 7.77. The van der Waals surface area contributed by atoms with Crippen molar-refractivity contribution in [2.24, 2.45) is 0 Å². The molecule has 1 aromatic heterocycles. The van der Waals surface area contributed by atoms with Gasteiger partial charge in [-0.25, -0.2) is 9.78 Å². The van der Waals surface area contributed by atoms with E-state index in [1.54, 1.807) is 12.3 Å². The normalized spacial score (nSPS) is 10.1. The smallest absolute Gasteiger partial charge is 0.356 e. The molecular weight excluding hydrogens is 216 g/mol. The van der Waals surface area contributed by atoms with Crippen LogP contribution in [-0.4, -0.2) is 16.1 Å². The van der Waals surface area contributed by atoms with Crippen LogP contribution in [0.4, 0.5) is 5.69 Å². The average molecular weight is 228 g/mol. The molecule has 4 heteroatoms. The van der Waals surface area contributed by atoms with Gasteiger partial charge in [0.1, 0.15) is 0 Å². The van der Waals surface area contributed by atoms with Crippen molar-refractivity contribution in [1.29, 1.82) is 0 Å². The molecule has 4 nitrogen and oxygen atoms in total. The van der Waals surface area contributed by atoms with E-state index in [9.17, 15) is 4.79 Å². The first kappa shape index (κ1) is 11.1. The number of rotatable bonds is 3. The predicted octanol–water partition coefficient (Wildman–Crippen LogP) is 1.95. The Morgan fingerprint density at radius 1 is 1.24 bits per heavy atom. The lowest BCUT2D eigenvalue weighted by Crippen LogP contribution is -2.06. The summed E-state index contributed by atoms with van der Waals surface area (Å²) in [5, 5.41) is 8.80. The number of benzene rings is 1. The molecule has 1 aromatic carbocycles. The van der Waals surface area contributed by atoms with E-state index in [1.165, 1.54) is 0 Å². The van der Waals surface area contributed by atoms with E-state index in [2.05, 4.69) is 4.98 Å². The molecule has 86 valence electrons. The van der Waals surface area contributed by atoms with Gasteiger partial charge in [0, 0.05) is 6.20 Å². The molecule has 1 heterocycles. The minimum atomic E-state index is -1.10. The number of hydrogen-bond acceptors (Lipinski definition) is 3. The van der Waals surface area contributed by atoms with Gasteiger partial charge in [0.15, 0.2) is 5.69 Å². The van der Waals surface area contributed by atoms with Crippen LogP contribution in [0, 0.1) is 0 Å². The van der Waals surface area contributed by atoms with E-state index in [1.807, 2.05) is 30.3 Å². The van der Waals surface area contributed by atoms with Gasteiger partial charge in [-0.1, -0.05) is 30.3 Å². The van der Waals surface area contributed by atoms with Crippen LogP contribution < -0.4 is 5.73 Å². The molecule has 0 atom stereocenters. The number of anilines is 1. The molecule has 0 bridgehead atoms. The van der Waals surface area contributed by atoms with Gasteiger partial charge in [-0.3, -0.25) is 0 Å². The molecule has 0 saturated heterocycles. The van der Waals surface area contributed by atoms with Crippen molar-refractivity contribution in [3.05, 3.63) is 59.4 Å². The van der Waals surface area contributed by atoms with Crippen LogP contribution in [0.25, 0.3) is 0 Å². The third kappa shape index (κ3) is 2.60. The highest BCUT2D eigenvalue weighted by atomic mass is 16.4. The summed E-state index contributed by atoms with van der Waals surface area (Å²) >= 11 is 0. The van der Waals surface area contributed by atoms with Crippen LogP contribution >= 0.6 is 0 Å². The van der Waals surface area contributed by atoms with E-state index in [0.717, 1.165) is 11.1 Å². The fourth-order valence-electron chi connectivity index (χ4n) is 1.63. The molecule has 3 N–H and O–H groups in total. The van der Waals surface area contributed by atoms with E-state index >= 15 is 0 Å². The average Bonchev–Trinajstić information content (AvgIpc) is 2.30. The van der Waals surface area contributed by atoms with Crippen LogP contribution in [0.15, 0.2) is 42.6 Å². The van der Waals surface area contributed by atoms with E-state index in [4.69, 9.17) is 10.8 Å². The third-order valence-electron chi connectivity index (χ3n) is 2.43. The first-order valence-electron chi connectivity index (χ1n) is 5.18. The summed E-state index contributed by atoms with van der Waals surface area (Å²) in [6.45, 7) is 0. The lowest BCUT2D eigenvalue weighted by Gasteiger charge is -2.04. The number of aromatic carboxylic acids is 1. The second kappa shape index (κ2) is 4.65. The Morgan fingerprint density at radius 3 is 2.53 bits per heavy atom. The molecule has 2 rings (SSSR count). The number of carbonyl (C=O) groups is 1. The Kier molecular flexibility index (Phi) is 3.05. The summed E-state index contributed by atoms with van der Waals surface area (Å²) in [4.78, 5) is 14.6. The summed E-state index contributed by atoms with van der Waals surface area (Å²) in [6.07, 6.45) is 2.24. The highest BCUT2D eigenvalue weighted by molar-refractivity contribution is 5.91. The Bertz CT molecular complexity index is 538. The van der Waals surface area contributed by atoms with Gasteiger partial charge < -0.3 is 10.8 Å². The van der Waals surface area contributed by atoms with Crippen LogP contribution in [-0.2, 0) is 6.42 Å². The summed E-state index contributed by atoms with van der Waals surface area (Å²) in [6, 6.07) is 11.5. The molecule has 0 aliphatic carbocycles. The molecule has 0 radical (unpaired) electrons. The van der Waals surface area contributed by atoms with Crippen molar-refractivity contribution in [1.82, 2.24) is 4.98 Å². The van der Waals surface area contributed by atoms with Crippen LogP contribution in [0.5, 0.6) is 0 Å². The van der Waals surface area contributed by atoms with Crippen molar-refractivity contribution >= 4 is 11.7 Å². The molecular formula is C13H12N2O2. The monoisotopic (exact) mass is 228 g/mol. The third-order valence-corrected chi connectivity index (χ3v) is 2.43. The lowest BCUT2D eigenvalue weighted by molar-refractivity contribution is 0.0692. The lowest BCUT2D eigenvalue weighted by atomic mass is 10.1. The standard InChI is InChI=1S/C13H12N2O2/c14-11-7-10(8-15-12(11)13(16)17)6-9-4-2-1-3-5-9/h1-5,7-8H,6,14H2,(H,16,17). The van der Waals surface area contributed by atoms with Gasteiger partial charge >= 0.3 is 5.97 Å². The fraction of sp³-hybridized carbons (Fsp3) is 0.0769. The highest BCUT2D eigenvalue weighted by Crippen LogP contribution is 2.14. The molecule has 0 unspecified atom stereocenters. The van der Waals surface area contributed by atoms with Gasteiger partial charge in [-0.2, -0.15) is 0 Å². The minimum Gasteiger partial charge on any atom is -0.476 e. The Hall–Kier alpha value is -2.36. The second-order valence-corrected chi connectivity index (χ2v) is 3.75. The predicted molar refractivity (Wildman–Crippen MR) is 64.9 cm³/mol. The van der Waals surface area contributed by atoms with Crippen molar-refractivity contribution in [2.75, 3.05) is 5.73 Å². The summed E-state index contributed by atoms with van der Waals surface area (Å²) < 4.78 is 0. The number of nitrogens with two attached hydrogens (primary N) is 1. The molecule has 0 aliphatic heterocycles. The number of carboxylic acid groups (broad SMARTS) is 1. The Labute approximate surface area is 98.7 Å². The van der Waals surface area contributed by atoms with E-state index in [-0.39, 0.29) is 11.4 Å². The maximum Gasteiger partial charge on any atom is 0.356 e. The topological polar surface area (TPSA) is 76.2 Å². The molecule has 0 spiro atoms. The molecule has 0 saturated carbocycles.